The van der Waals surface area contributed by atoms with E-state index in [-0.39, 0.29) is 0 Å². The van der Waals surface area contributed by atoms with Gasteiger partial charge in [-0.2, -0.15) is 0 Å². The van der Waals surface area contributed by atoms with E-state index >= 15 is 0 Å². The third-order valence-corrected chi connectivity index (χ3v) is 5.79. The molecule has 1 aliphatic heterocycles. The maximum absolute atomic E-state index is 2.57. The third-order valence-electron chi connectivity index (χ3n) is 5.79. The van der Waals surface area contributed by atoms with Crippen LogP contribution in [0.1, 0.15) is 22.4 Å². The zero-order valence-electron chi connectivity index (χ0n) is 16.7. The van der Waals surface area contributed by atoms with Crippen LogP contribution in [0, 0.1) is 20.8 Å². The van der Waals surface area contributed by atoms with Gasteiger partial charge < -0.3 is 9.47 Å². The first kappa shape index (κ1) is 17.9. The molecule has 0 atom stereocenters. The number of hydrogen-bond acceptors (Lipinski definition) is 2. The molecule has 1 aromatic heterocycles. The molecule has 0 unspecified atom stereocenters. The largest absolute Gasteiger partial charge is 0.369 e. The summed E-state index contributed by atoms with van der Waals surface area (Å²) in [6, 6.07) is 19.8. The number of aryl methyl sites for hydroxylation is 2. The van der Waals surface area contributed by atoms with E-state index in [4.69, 9.17) is 0 Å². The molecule has 0 N–H and O–H groups in total. The molecule has 0 spiro atoms. The van der Waals surface area contributed by atoms with Crippen molar-refractivity contribution in [1.29, 1.82) is 0 Å². The van der Waals surface area contributed by atoms with Crippen molar-refractivity contribution in [2.24, 2.45) is 0 Å². The number of aromatic nitrogens is 1. The van der Waals surface area contributed by atoms with E-state index in [0.29, 0.717) is 0 Å². The van der Waals surface area contributed by atoms with Gasteiger partial charge in [-0.3, -0.25) is 4.90 Å². The van der Waals surface area contributed by atoms with Gasteiger partial charge in [0.1, 0.15) is 0 Å². The maximum Gasteiger partial charge on any atom is 0.0455 e. The monoisotopic (exact) mass is 359 g/mol. The van der Waals surface area contributed by atoms with Crippen molar-refractivity contribution >= 4 is 5.69 Å². The van der Waals surface area contributed by atoms with Gasteiger partial charge in [-0.05, 0) is 67.8 Å². The highest BCUT2D eigenvalue weighted by atomic mass is 15.3. The van der Waals surface area contributed by atoms with Crippen LogP contribution in [-0.2, 0) is 6.54 Å². The van der Waals surface area contributed by atoms with Crippen LogP contribution in [0.25, 0.3) is 5.69 Å². The minimum absolute atomic E-state index is 1.00. The second-order valence-corrected chi connectivity index (χ2v) is 7.69. The second kappa shape index (κ2) is 7.61. The summed E-state index contributed by atoms with van der Waals surface area (Å²) < 4.78 is 2.32. The Bertz CT molecular complexity index is 917. The first-order valence-electron chi connectivity index (χ1n) is 9.88. The molecule has 0 bridgehead atoms. The smallest absolute Gasteiger partial charge is 0.0455 e. The molecular weight excluding hydrogens is 330 g/mol. The summed E-state index contributed by atoms with van der Waals surface area (Å²) in [5.41, 5.74) is 8.11. The molecule has 0 saturated carbocycles. The lowest BCUT2D eigenvalue weighted by Crippen LogP contribution is -2.46. The quantitative estimate of drug-likeness (QED) is 0.667. The summed E-state index contributed by atoms with van der Waals surface area (Å²) in [5, 5.41) is 0. The summed E-state index contributed by atoms with van der Waals surface area (Å²) in [6.07, 6.45) is 2.18. The van der Waals surface area contributed by atoms with Gasteiger partial charge >= 0.3 is 0 Å². The molecule has 140 valence electrons. The molecule has 1 fully saturated rings. The lowest BCUT2D eigenvalue weighted by atomic mass is 10.1. The molecule has 4 rings (SSSR count). The summed E-state index contributed by atoms with van der Waals surface area (Å²) >= 11 is 0. The fourth-order valence-electron chi connectivity index (χ4n) is 4.03. The van der Waals surface area contributed by atoms with E-state index in [1.807, 2.05) is 0 Å². The standard InChI is InChI=1S/C24H29N3/c1-19-7-4-9-22(17-19)27-12-6-10-23(27)18-25-13-15-26(16-14-25)24-11-5-8-20(2)21(24)3/h4-12,17H,13-16,18H2,1-3H3. The molecule has 3 nitrogen and oxygen atoms in total. The average molecular weight is 360 g/mol. The van der Waals surface area contributed by atoms with Crippen LogP contribution in [0.2, 0.25) is 0 Å². The molecule has 0 aliphatic carbocycles. The lowest BCUT2D eigenvalue weighted by molar-refractivity contribution is 0.246. The third kappa shape index (κ3) is 3.79. The number of hydrogen-bond donors (Lipinski definition) is 0. The molecular formula is C24H29N3. The van der Waals surface area contributed by atoms with E-state index < -0.39 is 0 Å². The van der Waals surface area contributed by atoms with Crippen molar-refractivity contribution in [3.63, 3.8) is 0 Å². The van der Waals surface area contributed by atoms with Crippen LogP contribution in [-0.4, -0.2) is 35.6 Å². The number of nitrogens with zero attached hydrogens (tertiary/aromatic N) is 3. The zero-order chi connectivity index (χ0) is 18.8. The van der Waals surface area contributed by atoms with Crippen LogP contribution in [0.3, 0.4) is 0 Å². The van der Waals surface area contributed by atoms with Gasteiger partial charge in [-0.15, -0.1) is 0 Å². The van der Waals surface area contributed by atoms with E-state index in [9.17, 15) is 0 Å². The second-order valence-electron chi connectivity index (χ2n) is 7.69. The van der Waals surface area contributed by atoms with Crippen LogP contribution in [0.15, 0.2) is 60.8 Å². The molecule has 0 radical (unpaired) electrons. The molecule has 3 heteroatoms. The van der Waals surface area contributed by atoms with Crippen molar-refractivity contribution in [2.45, 2.75) is 27.3 Å². The van der Waals surface area contributed by atoms with E-state index in [0.717, 1.165) is 32.7 Å². The minimum atomic E-state index is 1.00. The van der Waals surface area contributed by atoms with Gasteiger partial charge in [0.25, 0.3) is 0 Å². The fourth-order valence-corrected chi connectivity index (χ4v) is 4.03. The van der Waals surface area contributed by atoms with E-state index in [1.54, 1.807) is 0 Å². The van der Waals surface area contributed by atoms with Crippen molar-refractivity contribution in [3.05, 3.63) is 83.2 Å². The highest BCUT2D eigenvalue weighted by molar-refractivity contribution is 5.56. The van der Waals surface area contributed by atoms with Gasteiger partial charge in [0, 0.05) is 56.0 Å². The SMILES string of the molecule is Cc1cccc(-n2cccc2CN2CCN(c3cccc(C)c3C)CC2)c1. The van der Waals surface area contributed by atoms with Crippen molar-refractivity contribution < 1.29 is 0 Å². The fraction of sp³-hybridized carbons (Fsp3) is 0.333. The Hall–Kier alpha value is -2.52. The first-order chi connectivity index (χ1) is 13.1. The molecule has 27 heavy (non-hydrogen) atoms. The molecule has 1 saturated heterocycles. The Kier molecular flexibility index (Phi) is 5.04. The normalized spacial score (nSPS) is 15.3. The predicted molar refractivity (Wildman–Crippen MR) is 114 cm³/mol. The predicted octanol–water partition coefficient (Wildman–Crippen LogP) is 4.72. The van der Waals surface area contributed by atoms with Crippen LogP contribution >= 0.6 is 0 Å². The molecule has 0 amide bonds. The Morgan fingerprint density at radius 3 is 2.37 bits per heavy atom. The molecule has 2 aromatic carbocycles. The number of anilines is 1. The average Bonchev–Trinajstić information content (AvgIpc) is 3.13. The minimum Gasteiger partial charge on any atom is -0.369 e. The summed E-state index contributed by atoms with van der Waals surface area (Å²) in [4.78, 5) is 5.11. The Morgan fingerprint density at radius 2 is 1.59 bits per heavy atom. The van der Waals surface area contributed by atoms with Gasteiger partial charge in [0.2, 0.25) is 0 Å². The summed E-state index contributed by atoms with van der Waals surface area (Å²) in [6.45, 7) is 12.0. The topological polar surface area (TPSA) is 11.4 Å². The molecule has 3 aromatic rings. The Labute approximate surface area is 162 Å². The van der Waals surface area contributed by atoms with Crippen LogP contribution in [0.5, 0.6) is 0 Å². The van der Waals surface area contributed by atoms with Crippen molar-refractivity contribution in [2.75, 3.05) is 31.1 Å². The van der Waals surface area contributed by atoms with Crippen LogP contribution in [0.4, 0.5) is 5.69 Å². The molecule has 1 aliphatic rings. The number of rotatable bonds is 4. The zero-order valence-corrected chi connectivity index (χ0v) is 16.7. The lowest BCUT2D eigenvalue weighted by Gasteiger charge is -2.37. The van der Waals surface area contributed by atoms with Gasteiger partial charge in [0.15, 0.2) is 0 Å². The van der Waals surface area contributed by atoms with Gasteiger partial charge in [-0.1, -0.05) is 24.3 Å². The van der Waals surface area contributed by atoms with E-state index in [2.05, 4.69) is 95.9 Å². The highest BCUT2D eigenvalue weighted by Crippen LogP contribution is 2.24. The number of piperazine rings is 1. The maximum atomic E-state index is 2.57. The number of benzene rings is 2. The van der Waals surface area contributed by atoms with E-state index in [1.165, 1.54) is 33.8 Å². The van der Waals surface area contributed by atoms with Gasteiger partial charge in [-0.25, -0.2) is 0 Å². The van der Waals surface area contributed by atoms with Crippen molar-refractivity contribution in [3.8, 4) is 5.69 Å². The molecule has 2 heterocycles. The Balaban J connectivity index is 1.43. The highest BCUT2D eigenvalue weighted by Gasteiger charge is 2.19. The van der Waals surface area contributed by atoms with Gasteiger partial charge in [0.05, 0.1) is 0 Å². The van der Waals surface area contributed by atoms with Crippen molar-refractivity contribution in [1.82, 2.24) is 9.47 Å². The summed E-state index contributed by atoms with van der Waals surface area (Å²) in [5.74, 6) is 0. The summed E-state index contributed by atoms with van der Waals surface area (Å²) in [7, 11) is 0. The first-order valence-corrected chi connectivity index (χ1v) is 9.88. The van der Waals surface area contributed by atoms with Crippen LogP contribution < -0.4 is 4.90 Å². The Morgan fingerprint density at radius 1 is 0.815 bits per heavy atom.